The fourth-order valence-corrected chi connectivity index (χ4v) is 2.07. The summed E-state index contributed by atoms with van der Waals surface area (Å²) in [5.41, 5.74) is 1.68. The smallest absolute Gasteiger partial charge is 0.243 e. The Hall–Kier alpha value is -2.34. The molecule has 2 rings (SSSR count). The zero-order valence-electron chi connectivity index (χ0n) is 12.1. The first-order chi connectivity index (χ1) is 10.6. The van der Waals surface area contributed by atoms with Gasteiger partial charge in [-0.25, -0.2) is 4.98 Å². The minimum absolute atomic E-state index is 0.0972. The average molecular weight is 321 g/mol. The van der Waals surface area contributed by atoms with Crippen molar-refractivity contribution in [2.45, 2.75) is 12.8 Å². The number of carbonyl (C=O) groups is 2. The van der Waals surface area contributed by atoms with Gasteiger partial charge in [-0.2, -0.15) is 0 Å². The first-order valence-electron chi connectivity index (χ1n) is 6.87. The van der Waals surface area contributed by atoms with E-state index in [1.807, 2.05) is 6.07 Å². The molecule has 0 aliphatic rings. The number of aromatic amines is 1. The molecule has 0 unspecified atom stereocenters. The van der Waals surface area contributed by atoms with E-state index in [0.29, 0.717) is 24.4 Å². The first kappa shape index (κ1) is 16.0. The minimum atomic E-state index is -0.199. The highest BCUT2D eigenvalue weighted by Crippen LogP contribution is 2.17. The molecule has 7 heteroatoms. The summed E-state index contributed by atoms with van der Waals surface area (Å²) in [4.78, 5) is 30.2. The van der Waals surface area contributed by atoms with Crippen LogP contribution in [0.1, 0.15) is 12.2 Å². The molecule has 3 N–H and O–H groups in total. The van der Waals surface area contributed by atoms with Gasteiger partial charge in [-0.15, -0.1) is 0 Å². The predicted octanol–water partition coefficient (Wildman–Crippen LogP) is 1.57. The van der Waals surface area contributed by atoms with Crippen LogP contribution in [0.3, 0.4) is 0 Å². The maximum atomic E-state index is 11.7. The lowest BCUT2D eigenvalue weighted by Crippen LogP contribution is -2.24. The molecule has 0 radical (unpaired) electrons. The maximum absolute atomic E-state index is 11.7. The molecule has 6 nitrogen and oxygen atoms in total. The van der Waals surface area contributed by atoms with Gasteiger partial charge in [0.05, 0.1) is 11.0 Å². The zero-order valence-corrected chi connectivity index (χ0v) is 12.9. The van der Waals surface area contributed by atoms with Gasteiger partial charge in [0.1, 0.15) is 5.82 Å². The molecule has 22 heavy (non-hydrogen) atoms. The topological polar surface area (TPSA) is 86.9 Å². The van der Waals surface area contributed by atoms with Crippen molar-refractivity contribution in [3.8, 4) is 0 Å². The summed E-state index contributed by atoms with van der Waals surface area (Å²) in [6.07, 6.45) is 3.81. The first-order valence-corrected chi connectivity index (χ1v) is 7.25. The van der Waals surface area contributed by atoms with Crippen LogP contribution >= 0.6 is 11.6 Å². The minimum Gasteiger partial charge on any atom is -0.356 e. The number of likely N-dealkylation sites (N-methyl/N-ethyl adjacent to an activating group) is 1. The van der Waals surface area contributed by atoms with Crippen LogP contribution in [0, 0.1) is 0 Å². The molecule has 0 bridgehead atoms. The number of imidazole rings is 1. The van der Waals surface area contributed by atoms with Crippen molar-refractivity contribution in [2.75, 3.05) is 13.6 Å². The number of hydrogen-bond donors (Lipinski definition) is 3. The predicted molar refractivity (Wildman–Crippen MR) is 85.6 cm³/mol. The molecule has 0 saturated carbocycles. The van der Waals surface area contributed by atoms with Crippen LogP contribution in [-0.4, -0.2) is 35.4 Å². The van der Waals surface area contributed by atoms with Crippen molar-refractivity contribution >= 4 is 34.4 Å². The van der Waals surface area contributed by atoms with Crippen molar-refractivity contribution in [3.63, 3.8) is 0 Å². The van der Waals surface area contributed by atoms with Crippen molar-refractivity contribution in [1.82, 2.24) is 20.6 Å². The largest absolute Gasteiger partial charge is 0.356 e. The fourth-order valence-electron chi connectivity index (χ4n) is 1.90. The third-order valence-electron chi connectivity index (χ3n) is 3.01. The highest BCUT2D eigenvalue weighted by Gasteiger charge is 2.06. The van der Waals surface area contributed by atoms with Gasteiger partial charge in [-0.3, -0.25) is 9.59 Å². The summed E-state index contributed by atoms with van der Waals surface area (Å²) in [6, 6.07) is 5.42. The molecule has 0 aliphatic carbocycles. The van der Waals surface area contributed by atoms with Crippen LogP contribution in [-0.2, 0) is 16.0 Å². The van der Waals surface area contributed by atoms with Crippen molar-refractivity contribution in [1.29, 1.82) is 0 Å². The molecule has 0 fully saturated rings. The summed E-state index contributed by atoms with van der Waals surface area (Å²) in [5, 5.41) is 5.80. The molecule has 0 atom stereocenters. The van der Waals surface area contributed by atoms with Gasteiger partial charge in [-0.05, 0) is 18.2 Å². The van der Waals surface area contributed by atoms with Crippen LogP contribution in [0.25, 0.3) is 11.0 Å². The number of nitrogens with one attached hydrogen (secondary N) is 3. The van der Waals surface area contributed by atoms with Crippen molar-refractivity contribution in [3.05, 3.63) is 41.2 Å². The van der Waals surface area contributed by atoms with E-state index >= 15 is 0 Å². The van der Waals surface area contributed by atoms with Crippen molar-refractivity contribution in [2.24, 2.45) is 0 Å². The number of carbonyl (C=O) groups excluding carboxylic acids is 2. The Labute approximate surface area is 132 Å². The van der Waals surface area contributed by atoms with Crippen LogP contribution in [0.5, 0.6) is 0 Å². The second-order valence-corrected chi connectivity index (χ2v) is 5.10. The number of nitrogens with zero attached hydrogens (tertiary/aromatic N) is 1. The summed E-state index contributed by atoms with van der Waals surface area (Å²) >= 11 is 5.91. The molecule has 2 amide bonds. The van der Waals surface area contributed by atoms with E-state index in [0.717, 1.165) is 16.9 Å². The number of benzene rings is 1. The van der Waals surface area contributed by atoms with Crippen LogP contribution in [0.15, 0.2) is 30.4 Å². The summed E-state index contributed by atoms with van der Waals surface area (Å²) < 4.78 is 0. The summed E-state index contributed by atoms with van der Waals surface area (Å²) in [7, 11) is 1.55. The van der Waals surface area contributed by atoms with E-state index in [-0.39, 0.29) is 11.8 Å². The molecule has 1 aromatic carbocycles. The van der Waals surface area contributed by atoms with Gasteiger partial charge >= 0.3 is 0 Å². The van der Waals surface area contributed by atoms with Gasteiger partial charge in [0.2, 0.25) is 11.8 Å². The zero-order chi connectivity index (χ0) is 15.9. The summed E-state index contributed by atoms with van der Waals surface area (Å²) in [5.74, 6) is 0.448. The Balaban J connectivity index is 1.80. The van der Waals surface area contributed by atoms with Crippen molar-refractivity contribution < 1.29 is 9.59 Å². The number of hydrogen-bond acceptors (Lipinski definition) is 3. The average Bonchev–Trinajstić information content (AvgIpc) is 2.91. The van der Waals surface area contributed by atoms with Gasteiger partial charge < -0.3 is 15.6 Å². The molecular formula is C15H17ClN4O2. The van der Waals surface area contributed by atoms with E-state index in [1.165, 1.54) is 6.08 Å². The van der Waals surface area contributed by atoms with E-state index in [2.05, 4.69) is 20.6 Å². The Morgan fingerprint density at radius 3 is 3.00 bits per heavy atom. The lowest BCUT2D eigenvalue weighted by molar-refractivity contribution is -0.121. The monoisotopic (exact) mass is 320 g/mol. The normalized spacial score (nSPS) is 11.0. The standard InChI is InChI=1S/C15H17ClN4O2/c1-17-14(21)3-2-8-18-15(22)7-6-13-19-11-5-4-10(16)9-12(11)20-13/h2-5,9H,6-8H2,1H3,(H,17,21)(H,18,22)(H,19,20)/b3-2+. The van der Waals surface area contributed by atoms with Crippen LogP contribution in [0.2, 0.25) is 5.02 Å². The number of amides is 2. The third kappa shape index (κ3) is 4.60. The van der Waals surface area contributed by atoms with Gasteiger partial charge in [0, 0.05) is 37.5 Å². The van der Waals surface area contributed by atoms with Gasteiger partial charge in [0.15, 0.2) is 0 Å². The molecule has 116 valence electrons. The number of fused-ring (bicyclic) bond motifs is 1. The maximum Gasteiger partial charge on any atom is 0.243 e. The van der Waals surface area contributed by atoms with E-state index < -0.39 is 0 Å². The molecule has 1 heterocycles. The van der Waals surface area contributed by atoms with E-state index in [9.17, 15) is 9.59 Å². The Morgan fingerprint density at radius 2 is 2.23 bits per heavy atom. The Morgan fingerprint density at radius 1 is 1.41 bits per heavy atom. The Bertz CT molecular complexity index is 709. The SMILES string of the molecule is CNC(=O)/C=C/CNC(=O)CCc1nc2ccc(Cl)cc2[nH]1. The van der Waals surface area contributed by atoms with E-state index in [4.69, 9.17) is 11.6 Å². The quantitative estimate of drug-likeness (QED) is 0.706. The molecule has 0 aliphatic heterocycles. The number of aromatic nitrogens is 2. The molecule has 1 aromatic heterocycles. The van der Waals surface area contributed by atoms with Gasteiger partial charge in [-0.1, -0.05) is 17.7 Å². The number of aryl methyl sites for hydroxylation is 1. The lowest BCUT2D eigenvalue weighted by atomic mass is 10.3. The molecular weight excluding hydrogens is 304 g/mol. The Kier molecular flexibility index (Phi) is 5.55. The lowest BCUT2D eigenvalue weighted by Gasteiger charge is -2.00. The highest BCUT2D eigenvalue weighted by atomic mass is 35.5. The molecule has 2 aromatic rings. The number of rotatable bonds is 6. The molecule has 0 spiro atoms. The fraction of sp³-hybridized carbons (Fsp3) is 0.267. The van der Waals surface area contributed by atoms with Gasteiger partial charge in [0.25, 0.3) is 0 Å². The number of halogens is 1. The highest BCUT2D eigenvalue weighted by molar-refractivity contribution is 6.31. The summed E-state index contributed by atoms with van der Waals surface area (Å²) in [6.45, 7) is 0.321. The van der Waals surface area contributed by atoms with Crippen LogP contribution in [0.4, 0.5) is 0 Å². The second-order valence-electron chi connectivity index (χ2n) is 4.67. The third-order valence-corrected chi connectivity index (χ3v) is 3.25. The number of H-pyrrole nitrogens is 1. The second kappa shape index (κ2) is 7.61. The molecule has 0 saturated heterocycles. The van der Waals surface area contributed by atoms with E-state index in [1.54, 1.807) is 25.3 Å². The van der Waals surface area contributed by atoms with Crippen LogP contribution < -0.4 is 10.6 Å².